The third-order valence-electron chi connectivity index (χ3n) is 4.03. The van der Waals surface area contributed by atoms with Crippen molar-refractivity contribution in [1.82, 2.24) is 4.98 Å². The number of carbonyl (C=O) groups excluding carboxylic acids is 1. The van der Waals surface area contributed by atoms with E-state index in [9.17, 15) is 4.79 Å². The second-order valence-corrected chi connectivity index (χ2v) is 5.85. The molecule has 1 aromatic heterocycles. The summed E-state index contributed by atoms with van der Waals surface area (Å²) in [5.74, 6) is -0.497. The number of aromatic nitrogens is 1. The third-order valence-corrected chi connectivity index (χ3v) is 4.03. The van der Waals surface area contributed by atoms with E-state index < -0.39 is 24.2 Å². The summed E-state index contributed by atoms with van der Waals surface area (Å²) < 4.78 is 11.9. The quantitative estimate of drug-likeness (QED) is 0.799. The number of rotatable bonds is 2. The molecule has 1 aliphatic heterocycles. The van der Waals surface area contributed by atoms with E-state index in [-0.39, 0.29) is 0 Å². The molecule has 0 aromatic carbocycles. The Kier molecular flexibility index (Phi) is 3.19. The maximum Gasteiger partial charge on any atom is 0.496 e. The average Bonchev–Trinajstić information content (AvgIpc) is 2.47. The Morgan fingerprint density at radius 3 is 2.21 bits per heavy atom. The van der Waals surface area contributed by atoms with Crippen LogP contribution < -0.4 is 11.2 Å². The summed E-state index contributed by atoms with van der Waals surface area (Å²) in [7, 11) is -0.531. The third kappa shape index (κ3) is 2.26. The van der Waals surface area contributed by atoms with Gasteiger partial charge >= 0.3 is 7.12 Å². The van der Waals surface area contributed by atoms with E-state index in [1.165, 1.54) is 6.20 Å². The Morgan fingerprint density at radius 1 is 1.21 bits per heavy atom. The van der Waals surface area contributed by atoms with Gasteiger partial charge in [-0.1, -0.05) is 0 Å². The average molecular weight is 262 g/mol. The summed E-state index contributed by atoms with van der Waals surface area (Å²) in [5, 5.41) is 0. The van der Waals surface area contributed by atoms with Crippen LogP contribution in [0.3, 0.4) is 0 Å². The lowest BCUT2D eigenvalue weighted by Gasteiger charge is -2.32. The number of primary amides is 1. The lowest BCUT2D eigenvalue weighted by Crippen LogP contribution is -2.41. The van der Waals surface area contributed by atoms with Gasteiger partial charge in [-0.2, -0.15) is 0 Å². The highest BCUT2D eigenvalue weighted by molar-refractivity contribution is 6.62. The highest BCUT2D eigenvalue weighted by atomic mass is 16.7. The van der Waals surface area contributed by atoms with Gasteiger partial charge in [0.2, 0.25) is 0 Å². The van der Waals surface area contributed by atoms with Crippen LogP contribution in [0.5, 0.6) is 0 Å². The molecule has 1 amide bonds. The van der Waals surface area contributed by atoms with Crippen LogP contribution in [-0.2, 0) is 9.31 Å². The fourth-order valence-electron chi connectivity index (χ4n) is 2.00. The monoisotopic (exact) mass is 262 g/mol. The maximum absolute atomic E-state index is 11.3. The molecule has 1 aromatic rings. The summed E-state index contributed by atoms with van der Waals surface area (Å²) in [6.45, 7) is 9.74. The van der Waals surface area contributed by atoms with Crippen molar-refractivity contribution in [3.8, 4) is 0 Å². The number of amides is 1. The molecular weight excluding hydrogens is 243 g/mol. The van der Waals surface area contributed by atoms with Crippen LogP contribution in [0.25, 0.3) is 0 Å². The number of carbonyl (C=O) groups is 1. The minimum Gasteiger partial charge on any atom is -0.399 e. The van der Waals surface area contributed by atoms with Gasteiger partial charge in [-0.15, -0.1) is 0 Å². The van der Waals surface area contributed by atoms with Crippen LogP contribution >= 0.6 is 0 Å². The van der Waals surface area contributed by atoms with E-state index in [2.05, 4.69) is 4.98 Å². The zero-order valence-electron chi connectivity index (χ0n) is 12.0. The predicted octanol–water partition coefficient (Wildman–Crippen LogP) is 0.788. The molecule has 0 spiro atoms. The van der Waals surface area contributed by atoms with Crippen molar-refractivity contribution in [2.75, 3.05) is 0 Å². The molecule has 0 aliphatic carbocycles. The zero-order valence-corrected chi connectivity index (χ0v) is 12.0. The number of nitrogens with two attached hydrogens (primary N) is 1. The zero-order chi connectivity index (χ0) is 14.4. The normalized spacial score (nSPS) is 20.6. The van der Waals surface area contributed by atoms with E-state index in [1.54, 1.807) is 6.20 Å². The van der Waals surface area contributed by atoms with Crippen LogP contribution in [0.15, 0.2) is 12.4 Å². The van der Waals surface area contributed by atoms with E-state index in [0.717, 1.165) is 11.0 Å². The summed E-state index contributed by atoms with van der Waals surface area (Å²) in [6.07, 6.45) is 3.12. The Bertz CT molecular complexity index is 513. The molecule has 19 heavy (non-hydrogen) atoms. The summed E-state index contributed by atoms with van der Waals surface area (Å²) in [5.41, 5.74) is 6.37. The fourth-order valence-corrected chi connectivity index (χ4v) is 2.00. The molecule has 5 nitrogen and oxygen atoms in total. The maximum atomic E-state index is 11.3. The van der Waals surface area contributed by atoms with Gasteiger partial charge in [-0.05, 0) is 40.2 Å². The van der Waals surface area contributed by atoms with Gasteiger partial charge in [-0.25, -0.2) is 0 Å². The topological polar surface area (TPSA) is 74.4 Å². The number of hydrogen-bond acceptors (Lipinski definition) is 4. The SMILES string of the molecule is Cc1c(B2OC(C)(C)C(C)(C)O2)cncc1C(N)=O. The highest BCUT2D eigenvalue weighted by Gasteiger charge is 2.52. The van der Waals surface area contributed by atoms with Crippen LogP contribution in [0, 0.1) is 6.92 Å². The molecule has 2 N–H and O–H groups in total. The van der Waals surface area contributed by atoms with Gasteiger partial charge in [0, 0.05) is 17.9 Å². The largest absolute Gasteiger partial charge is 0.496 e. The van der Waals surface area contributed by atoms with Gasteiger partial charge < -0.3 is 15.0 Å². The molecule has 0 unspecified atom stereocenters. The van der Waals surface area contributed by atoms with Crippen LogP contribution in [-0.4, -0.2) is 29.2 Å². The van der Waals surface area contributed by atoms with Gasteiger partial charge in [0.25, 0.3) is 5.91 Å². The van der Waals surface area contributed by atoms with Gasteiger partial charge in [0.05, 0.1) is 16.8 Å². The second kappa shape index (κ2) is 4.32. The van der Waals surface area contributed by atoms with Crippen molar-refractivity contribution in [1.29, 1.82) is 0 Å². The standard InChI is InChI=1S/C13H19BN2O3/c1-8-9(11(15)17)6-16-7-10(8)14-18-12(2,3)13(4,5)19-14/h6-7H,1-5H3,(H2,15,17). The molecule has 102 valence electrons. The van der Waals surface area contributed by atoms with Crippen LogP contribution in [0.1, 0.15) is 43.6 Å². The fraction of sp³-hybridized carbons (Fsp3) is 0.538. The molecule has 2 heterocycles. The van der Waals surface area contributed by atoms with E-state index in [1.807, 2.05) is 34.6 Å². The molecule has 0 radical (unpaired) electrons. The first-order valence-corrected chi connectivity index (χ1v) is 6.25. The number of hydrogen-bond donors (Lipinski definition) is 1. The Hall–Kier alpha value is -1.40. The van der Waals surface area contributed by atoms with Crippen molar-refractivity contribution in [3.63, 3.8) is 0 Å². The molecule has 6 heteroatoms. The minimum atomic E-state index is -0.531. The minimum absolute atomic E-state index is 0.396. The smallest absolute Gasteiger partial charge is 0.399 e. The molecule has 0 saturated carbocycles. The Balaban J connectivity index is 2.40. The van der Waals surface area contributed by atoms with Crippen molar-refractivity contribution >= 4 is 18.5 Å². The molecule has 1 aliphatic rings. The van der Waals surface area contributed by atoms with E-state index in [0.29, 0.717) is 5.56 Å². The van der Waals surface area contributed by atoms with Crippen molar-refractivity contribution in [3.05, 3.63) is 23.5 Å². The summed E-state index contributed by atoms with van der Waals surface area (Å²) in [4.78, 5) is 15.4. The molecule has 2 rings (SSSR count). The van der Waals surface area contributed by atoms with Crippen LogP contribution in [0.2, 0.25) is 0 Å². The van der Waals surface area contributed by atoms with Crippen molar-refractivity contribution in [2.45, 2.75) is 45.8 Å². The first-order valence-electron chi connectivity index (χ1n) is 6.25. The lowest BCUT2D eigenvalue weighted by molar-refractivity contribution is 0.00578. The lowest BCUT2D eigenvalue weighted by atomic mass is 9.76. The Labute approximate surface area is 113 Å². The number of pyridine rings is 1. The van der Waals surface area contributed by atoms with Crippen molar-refractivity contribution < 1.29 is 14.1 Å². The van der Waals surface area contributed by atoms with Gasteiger partial charge in [-0.3, -0.25) is 9.78 Å². The van der Waals surface area contributed by atoms with Crippen molar-refractivity contribution in [2.24, 2.45) is 5.73 Å². The molecule has 0 atom stereocenters. The summed E-state index contributed by atoms with van der Waals surface area (Å²) in [6, 6.07) is 0. The molecular formula is C13H19BN2O3. The molecule has 1 saturated heterocycles. The van der Waals surface area contributed by atoms with Gasteiger partial charge in [0.15, 0.2) is 0 Å². The highest BCUT2D eigenvalue weighted by Crippen LogP contribution is 2.36. The second-order valence-electron chi connectivity index (χ2n) is 5.85. The first kappa shape index (κ1) is 14.0. The summed E-state index contributed by atoms with van der Waals surface area (Å²) >= 11 is 0. The van der Waals surface area contributed by atoms with Gasteiger partial charge in [0.1, 0.15) is 0 Å². The van der Waals surface area contributed by atoms with E-state index >= 15 is 0 Å². The van der Waals surface area contributed by atoms with Crippen LogP contribution in [0.4, 0.5) is 0 Å². The molecule has 0 bridgehead atoms. The molecule has 1 fully saturated rings. The first-order chi connectivity index (χ1) is 8.66. The Morgan fingerprint density at radius 2 is 1.74 bits per heavy atom. The van der Waals surface area contributed by atoms with E-state index in [4.69, 9.17) is 15.0 Å². The number of nitrogens with zero attached hydrogens (tertiary/aromatic N) is 1. The predicted molar refractivity (Wildman–Crippen MR) is 73.2 cm³/mol.